The molecule has 3 amide bonds. The molecule has 0 aromatic carbocycles. The predicted molar refractivity (Wildman–Crippen MR) is 52.9 cm³/mol. The predicted octanol–water partition coefficient (Wildman–Crippen LogP) is -1.53. The second kappa shape index (κ2) is 4.77. The Balaban J connectivity index is 2.50. The van der Waals surface area contributed by atoms with Gasteiger partial charge in [0.05, 0.1) is 6.54 Å². The topological polar surface area (TPSA) is 78.5 Å². The first-order chi connectivity index (χ1) is 7.02. The fourth-order valence-corrected chi connectivity index (χ4v) is 1.42. The van der Waals surface area contributed by atoms with Crippen molar-refractivity contribution in [1.82, 2.24) is 15.5 Å². The van der Waals surface area contributed by atoms with E-state index >= 15 is 0 Å². The molecule has 0 aliphatic carbocycles. The molecule has 0 spiro atoms. The van der Waals surface area contributed by atoms with Crippen molar-refractivity contribution in [3.8, 4) is 0 Å². The van der Waals surface area contributed by atoms with E-state index < -0.39 is 6.04 Å². The summed E-state index contributed by atoms with van der Waals surface area (Å²) in [4.78, 5) is 34.9. The van der Waals surface area contributed by atoms with Crippen molar-refractivity contribution in [3.05, 3.63) is 0 Å². The summed E-state index contributed by atoms with van der Waals surface area (Å²) in [6.45, 7) is 3.92. The summed E-state index contributed by atoms with van der Waals surface area (Å²) in [5.74, 6) is -0.637. The van der Waals surface area contributed by atoms with E-state index in [9.17, 15) is 14.4 Å². The molecular weight excluding hydrogens is 198 g/mol. The van der Waals surface area contributed by atoms with Crippen molar-refractivity contribution in [2.45, 2.75) is 19.9 Å². The third-order valence-corrected chi connectivity index (χ3v) is 2.31. The van der Waals surface area contributed by atoms with Gasteiger partial charge in [-0.25, -0.2) is 0 Å². The van der Waals surface area contributed by atoms with E-state index in [2.05, 4.69) is 10.6 Å². The lowest BCUT2D eigenvalue weighted by Crippen LogP contribution is -2.57. The Hall–Kier alpha value is -1.59. The highest BCUT2D eigenvalue weighted by atomic mass is 16.2. The molecule has 1 atom stereocenters. The Morgan fingerprint density at radius 2 is 2.27 bits per heavy atom. The minimum Gasteiger partial charge on any atom is -0.353 e. The summed E-state index contributed by atoms with van der Waals surface area (Å²) in [7, 11) is 0. The van der Waals surface area contributed by atoms with Gasteiger partial charge >= 0.3 is 0 Å². The van der Waals surface area contributed by atoms with Gasteiger partial charge in [0.2, 0.25) is 17.7 Å². The van der Waals surface area contributed by atoms with Gasteiger partial charge in [-0.15, -0.1) is 0 Å². The van der Waals surface area contributed by atoms with Crippen LogP contribution in [0.3, 0.4) is 0 Å². The van der Waals surface area contributed by atoms with Crippen molar-refractivity contribution in [1.29, 1.82) is 0 Å². The van der Waals surface area contributed by atoms with Gasteiger partial charge in [0.25, 0.3) is 0 Å². The Bertz CT molecular complexity index is 290. The summed E-state index contributed by atoms with van der Waals surface area (Å²) in [6.07, 6.45) is 0. The minimum atomic E-state index is -0.458. The van der Waals surface area contributed by atoms with Gasteiger partial charge in [-0.3, -0.25) is 14.4 Å². The third kappa shape index (κ3) is 2.93. The molecule has 6 heteroatoms. The summed E-state index contributed by atoms with van der Waals surface area (Å²) in [6, 6.07) is -0.458. The zero-order valence-corrected chi connectivity index (χ0v) is 8.87. The molecule has 0 aromatic rings. The SMILES string of the molecule is CC(=O)NCC(=O)N1CCNC(=O)C1C. The molecule has 0 bridgehead atoms. The lowest BCUT2D eigenvalue weighted by molar-refractivity contribution is -0.142. The average molecular weight is 213 g/mol. The Morgan fingerprint density at radius 1 is 1.60 bits per heavy atom. The molecule has 6 nitrogen and oxygen atoms in total. The maximum Gasteiger partial charge on any atom is 0.242 e. The van der Waals surface area contributed by atoms with Crippen LogP contribution in [0.1, 0.15) is 13.8 Å². The molecule has 1 aliphatic heterocycles. The number of amides is 3. The fourth-order valence-electron chi connectivity index (χ4n) is 1.42. The summed E-state index contributed by atoms with van der Waals surface area (Å²) in [5, 5.41) is 5.08. The number of carbonyl (C=O) groups is 3. The number of hydrogen-bond acceptors (Lipinski definition) is 3. The van der Waals surface area contributed by atoms with E-state index in [0.29, 0.717) is 13.1 Å². The van der Waals surface area contributed by atoms with Crippen LogP contribution in [0.15, 0.2) is 0 Å². The van der Waals surface area contributed by atoms with Crippen LogP contribution in [0.2, 0.25) is 0 Å². The molecule has 0 aromatic heterocycles. The van der Waals surface area contributed by atoms with Crippen LogP contribution < -0.4 is 10.6 Å². The first-order valence-corrected chi connectivity index (χ1v) is 4.84. The van der Waals surface area contributed by atoms with E-state index in [4.69, 9.17) is 0 Å². The average Bonchev–Trinajstić information content (AvgIpc) is 2.18. The Morgan fingerprint density at radius 3 is 2.87 bits per heavy atom. The standard InChI is InChI=1S/C9H15N3O3/c1-6-9(15)10-3-4-12(6)8(14)5-11-7(2)13/h6H,3-5H2,1-2H3,(H,10,15)(H,11,13). The largest absolute Gasteiger partial charge is 0.353 e. The quantitative estimate of drug-likeness (QED) is 0.584. The lowest BCUT2D eigenvalue weighted by Gasteiger charge is -2.32. The summed E-state index contributed by atoms with van der Waals surface area (Å²) < 4.78 is 0. The highest BCUT2D eigenvalue weighted by molar-refractivity contribution is 5.90. The molecule has 15 heavy (non-hydrogen) atoms. The van der Waals surface area contributed by atoms with Crippen LogP contribution in [0.25, 0.3) is 0 Å². The smallest absolute Gasteiger partial charge is 0.242 e. The number of piperazine rings is 1. The zero-order valence-electron chi connectivity index (χ0n) is 8.87. The van der Waals surface area contributed by atoms with Gasteiger partial charge in [0, 0.05) is 20.0 Å². The lowest BCUT2D eigenvalue weighted by atomic mass is 10.2. The molecule has 1 aliphatic rings. The van der Waals surface area contributed by atoms with Gasteiger partial charge in [0.1, 0.15) is 6.04 Å². The van der Waals surface area contributed by atoms with Crippen molar-refractivity contribution in [2.75, 3.05) is 19.6 Å². The van der Waals surface area contributed by atoms with E-state index in [-0.39, 0.29) is 24.3 Å². The van der Waals surface area contributed by atoms with Crippen LogP contribution in [-0.4, -0.2) is 48.3 Å². The van der Waals surface area contributed by atoms with Crippen LogP contribution >= 0.6 is 0 Å². The minimum absolute atomic E-state index is 0.0487. The van der Waals surface area contributed by atoms with Gasteiger partial charge in [0.15, 0.2) is 0 Å². The first kappa shape index (κ1) is 11.5. The van der Waals surface area contributed by atoms with Gasteiger partial charge in [-0.2, -0.15) is 0 Å². The van der Waals surface area contributed by atoms with Crippen LogP contribution in [-0.2, 0) is 14.4 Å². The maximum atomic E-state index is 11.6. The fraction of sp³-hybridized carbons (Fsp3) is 0.667. The number of hydrogen-bond donors (Lipinski definition) is 2. The summed E-state index contributed by atoms with van der Waals surface area (Å²) in [5.41, 5.74) is 0. The van der Waals surface area contributed by atoms with Crippen LogP contribution in [0.4, 0.5) is 0 Å². The summed E-state index contributed by atoms with van der Waals surface area (Å²) >= 11 is 0. The molecular formula is C9H15N3O3. The van der Waals surface area contributed by atoms with E-state index in [1.165, 1.54) is 11.8 Å². The molecule has 0 saturated carbocycles. The van der Waals surface area contributed by atoms with E-state index in [1.54, 1.807) is 6.92 Å². The third-order valence-electron chi connectivity index (χ3n) is 2.31. The van der Waals surface area contributed by atoms with E-state index in [1.807, 2.05) is 0 Å². The monoisotopic (exact) mass is 213 g/mol. The number of nitrogens with zero attached hydrogens (tertiary/aromatic N) is 1. The number of nitrogens with one attached hydrogen (secondary N) is 2. The van der Waals surface area contributed by atoms with Crippen LogP contribution in [0, 0.1) is 0 Å². The first-order valence-electron chi connectivity index (χ1n) is 4.84. The molecule has 1 fully saturated rings. The van der Waals surface area contributed by atoms with Crippen molar-refractivity contribution in [2.24, 2.45) is 0 Å². The normalized spacial score (nSPS) is 20.8. The highest BCUT2D eigenvalue weighted by Crippen LogP contribution is 2.03. The van der Waals surface area contributed by atoms with E-state index in [0.717, 1.165) is 0 Å². The number of rotatable bonds is 2. The maximum absolute atomic E-state index is 11.6. The number of carbonyl (C=O) groups excluding carboxylic acids is 3. The van der Waals surface area contributed by atoms with Crippen molar-refractivity contribution < 1.29 is 14.4 Å². The Labute approximate surface area is 88.0 Å². The van der Waals surface area contributed by atoms with Crippen molar-refractivity contribution in [3.63, 3.8) is 0 Å². The molecule has 0 radical (unpaired) electrons. The molecule has 1 unspecified atom stereocenters. The second-order valence-corrected chi connectivity index (χ2v) is 3.46. The van der Waals surface area contributed by atoms with Crippen LogP contribution in [0.5, 0.6) is 0 Å². The highest BCUT2D eigenvalue weighted by Gasteiger charge is 2.28. The van der Waals surface area contributed by atoms with Gasteiger partial charge in [-0.1, -0.05) is 0 Å². The van der Waals surface area contributed by atoms with Gasteiger partial charge < -0.3 is 15.5 Å². The molecule has 1 saturated heterocycles. The van der Waals surface area contributed by atoms with Gasteiger partial charge in [-0.05, 0) is 6.92 Å². The second-order valence-electron chi connectivity index (χ2n) is 3.46. The van der Waals surface area contributed by atoms with Crippen molar-refractivity contribution >= 4 is 17.7 Å². The zero-order chi connectivity index (χ0) is 11.4. The molecule has 84 valence electrons. The molecule has 1 heterocycles. The Kier molecular flexibility index (Phi) is 3.65. The molecule has 1 rings (SSSR count). The molecule has 2 N–H and O–H groups in total.